The first-order chi connectivity index (χ1) is 11.2. The summed E-state index contributed by atoms with van der Waals surface area (Å²) in [4.78, 5) is 17.3. The second-order valence-electron chi connectivity index (χ2n) is 7.29. The lowest BCUT2D eigenvalue weighted by atomic mass is 9.92. The van der Waals surface area contributed by atoms with E-state index in [0.717, 1.165) is 45.1 Å². The van der Waals surface area contributed by atoms with Crippen LogP contribution in [0.25, 0.3) is 0 Å². The Hall–Kier alpha value is -1.40. The molecule has 0 spiro atoms. The predicted octanol–water partition coefficient (Wildman–Crippen LogP) is 0.879. The first-order valence-electron chi connectivity index (χ1n) is 8.79. The summed E-state index contributed by atoms with van der Waals surface area (Å²) in [6.45, 7) is 5.10. The average molecular weight is 318 g/mol. The van der Waals surface area contributed by atoms with E-state index < -0.39 is 0 Å². The average Bonchev–Trinajstić information content (AvgIpc) is 3.29. The SMILES string of the molecule is Cn1cc(CN2CC[C@H]3C(=O)N(CC4CC4)CCO[C@H]3C2)cn1. The second-order valence-corrected chi connectivity index (χ2v) is 7.29. The lowest BCUT2D eigenvalue weighted by Gasteiger charge is -2.37. The van der Waals surface area contributed by atoms with Crippen molar-refractivity contribution in [1.29, 1.82) is 0 Å². The highest BCUT2D eigenvalue weighted by atomic mass is 16.5. The van der Waals surface area contributed by atoms with Crippen LogP contribution in [0.4, 0.5) is 0 Å². The third-order valence-corrected chi connectivity index (χ3v) is 5.31. The van der Waals surface area contributed by atoms with Gasteiger partial charge in [-0.3, -0.25) is 14.4 Å². The molecule has 1 aromatic heterocycles. The number of rotatable bonds is 4. The Bertz CT molecular complexity index is 569. The monoisotopic (exact) mass is 318 g/mol. The Morgan fingerprint density at radius 3 is 2.91 bits per heavy atom. The molecule has 3 aliphatic rings. The van der Waals surface area contributed by atoms with Crippen LogP contribution >= 0.6 is 0 Å². The van der Waals surface area contributed by atoms with E-state index in [0.29, 0.717) is 12.5 Å². The standard InChI is InChI=1S/C17H26N4O2/c1-19-9-14(8-18-19)10-20-5-4-15-16(12-20)23-7-6-21(17(15)22)11-13-2-3-13/h8-9,13,15-16H,2-7,10-12H2,1H3/t15-,16+/m1/s1. The van der Waals surface area contributed by atoms with Crippen LogP contribution in [0.3, 0.4) is 0 Å². The van der Waals surface area contributed by atoms with Crippen LogP contribution in [-0.4, -0.2) is 64.4 Å². The smallest absolute Gasteiger partial charge is 0.228 e. The van der Waals surface area contributed by atoms with Crippen LogP contribution in [0.2, 0.25) is 0 Å². The number of amides is 1. The highest BCUT2D eigenvalue weighted by Crippen LogP contribution is 2.32. The topological polar surface area (TPSA) is 50.6 Å². The Labute approximate surface area is 137 Å². The zero-order valence-electron chi connectivity index (χ0n) is 13.9. The molecule has 1 aromatic rings. The van der Waals surface area contributed by atoms with E-state index in [4.69, 9.17) is 4.74 Å². The summed E-state index contributed by atoms with van der Waals surface area (Å²) in [5.74, 6) is 1.14. The zero-order chi connectivity index (χ0) is 15.8. The molecule has 1 aliphatic carbocycles. The molecule has 126 valence electrons. The molecule has 0 unspecified atom stereocenters. The van der Waals surface area contributed by atoms with Crippen LogP contribution in [0, 0.1) is 11.8 Å². The Morgan fingerprint density at radius 2 is 2.17 bits per heavy atom. The number of aromatic nitrogens is 2. The second kappa shape index (κ2) is 6.24. The van der Waals surface area contributed by atoms with E-state index >= 15 is 0 Å². The summed E-state index contributed by atoms with van der Waals surface area (Å²) in [7, 11) is 1.94. The lowest BCUT2D eigenvalue weighted by molar-refractivity contribution is -0.139. The summed E-state index contributed by atoms with van der Waals surface area (Å²) >= 11 is 0. The molecule has 2 saturated heterocycles. The third kappa shape index (κ3) is 3.43. The van der Waals surface area contributed by atoms with Crippen LogP contribution in [-0.2, 0) is 23.1 Å². The van der Waals surface area contributed by atoms with Gasteiger partial charge in [-0.1, -0.05) is 0 Å². The van der Waals surface area contributed by atoms with Crippen LogP contribution in [0.15, 0.2) is 12.4 Å². The molecule has 23 heavy (non-hydrogen) atoms. The van der Waals surface area contributed by atoms with E-state index in [2.05, 4.69) is 21.1 Å². The minimum atomic E-state index is 0.0529. The third-order valence-electron chi connectivity index (χ3n) is 5.31. The molecule has 0 radical (unpaired) electrons. The van der Waals surface area contributed by atoms with Crippen molar-refractivity contribution in [2.24, 2.45) is 18.9 Å². The minimum absolute atomic E-state index is 0.0529. The molecule has 3 heterocycles. The van der Waals surface area contributed by atoms with Crippen LogP contribution < -0.4 is 0 Å². The van der Waals surface area contributed by atoms with E-state index in [9.17, 15) is 4.79 Å². The van der Waals surface area contributed by atoms with E-state index in [1.807, 2.05) is 17.9 Å². The Kier molecular flexibility index (Phi) is 4.11. The van der Waals surface area contributed by atoms with Gasteiger partial charge in [0.15, 0.2) is 0 Å². The van der Waals surface area contributed by atoms with Crippen molar-refractivity contribution in [2.75, 3.05) is 32.8 Å². The number of aryl methyl sites for hydroxylation is 1. The number of ether oxygens (including phenoxy) is 1. The molecule has 0 aromatic carbocycles. The largest absolute Gasteiger partial charge is 0.374 e. The fourth-order valence-corrected chi connectivity index (χ4v) is 3.84. The molecule has 6 heteroatoms. The van der Waals surface area contributed by atoms with Crippen molar-refractivity contribution < 1.29 is 9.53 Å². The molecule has 2 aliphatic heterocycles. The van der Waals surface area contributed by atoms with Crippen molar-refractivity contribution in [1.82, 2.24) is 19.6 Å². The number of piperidine rings is 1. The van der Waals surface area contributed by atoms with E-state index in [1.165, 1.54) is 18.4 Å². The Morgan fingerprint density at radius 1 is 1.30 bits per heavy atom. The molecule has 0 N–H and O–H groups in total. The fraction of sp³-hybridized carbons (Fsp3) is 0.765. The zero-order valence-corrected chi connectivity index (χ0v) is 13.9. The van der Waals surface area contributed by atoms with Gasteiger partial charge >= 0.3 is 0 Å². The molecule has 1 amide bonds. The maximum absolute atomic E-state index is 12.8. The van der Waals surface area contributed by atoms with Crippen molar-refractivity contribution in [3.05, 3.63) is 18.0 Å². The van der Waals surface area contributed by atoms with Gasteiger partial charge in [-0.25, -0.2) is 0 Å². The summed E-state index contributed by atoms with van der Waals surface area (Å²) in [6, 6.07) is 0. The molecule has 1 saturated carbocycles. The van der Waals surface area contributed by atoms with Gasteiger partial charge in [0.1, 0.15) is 0 Å². The number of likely N-dealkylation sites (tertiary alicyclic amines) is 1. The molecule has 0 bridgehead atoms. The van der Waals surface area contributed by atoms with E-state index in [1.54, 1.807) is 0 Å². The minimum Gasteiger partial charge on any atom is -0.374 e. The molecule has 3 fully saturated rings. The van der Waals surface area contributed by atoms with Gasteiger partial charge in [0, 0.05) is 45.0 Å². The van der Waals surface area contributed by atoms with Gasteiger partial charge < -0.3 is 9.64 Å². The van der Waals surface area contributed by atoms with Crippen molar-refractivity contribution in [3.63, 3.8) is 0 Å². The van der Waals surface area contributed by atoms with Crippen LogP contribution in [0.1, 0.15) is 24.8 Å². The summed E-state index contributed by atoms with van der Waals surface area (Å²) in [5.41, 5.74) is 1.22. The van der Waals surface area contributed by atoms with Gasteiger partial charge in [-0.05, 0) is 31.7 Å². The number of nitrogens with zero attached hydrogens (tertiary/aromatic N) is 4. The molecule has 2 atom stereocenters. The van der Waals surface area contributed by atoms with Gasteiger partial charge in [-0.2, -0.15) is 5.10 Å². The predicted molar refractivity (Wildman–Crippen MR) is 85.6 cm³/mol. The summed E-state index contributed by atoms with van der Waals surface area (Å²) in [6.07, 6.45) is 7.52. The number of hydrogen-bond acceptors (Lipinski definition) is 4. The first-order valence-corrected chi connectivity index (χ1v) is 8.79. The van der Waals surface area contributed by atoms with E-state index in [-0.39, 0.29) is 12.0 Å². The summed E-state index contributed by atoms with van der Waals surface area (Å²) in [5, 5.41) is 4.23. The normalized spacial score (nSPS) is 29.4. The molecule has 4 rings (SSSR count). The number of carbonyl (C=O) groups is 1. The number of carbonyl (C=O) groups excluding carboxylic acids is 1. The quantitative estimate of drug-likeness (QED) is 0.827. The highest BCUT2D eigenvalue weighted by Gasteiger charge is 2.40. The van der Waals surface area contributed by atoms with Crippen molar-refractivity contribution in [3.8, 4) is 0 Å². The molecule has 6 nitrogen and oxygen atoms in total. The fourth-order valence-electron chi connectivity index (χ4n) is 3.84. The van der Waals surface area contributed by atoms with Gasteiger partial charge in [0.2, 0.25) is 5.91 Å². The van der Waals surface area contributed by atoms with Crippen molar-refractivity contribution in [2.45, 2.75) is 31.9 Å². The van der Waals surface area contributed by atoms with Crippen molar-refractivity contribution >= 4 is 5.91 Å². The molecular weight excluding hydrogens is 292 g/mol. The maximum atomic E-state index is 12.8. The summed E-state index contributed by atoms with van der Waals surface area (Å²) < 4.78 is 7.89. The number of hydrogen-bond donors (Lipinski definition) is 0. The highest BCUT2D eigenvalue weighted by molar-refractivity contribution is 5.80. The molecular formula is C17H26N4O2. The van der Waals surface area contributed by atoms with Gasteiger partial charge in [0.05, 0.1) is 24.8 Å². The van der Waals surface area contributed by atoms with Crippen LogP contribution in [0.5, 0.6) is 0 Å². The lowest BCUT2D eigenvalue weighted by Crippen LogP contribution is -2.49. The maximum Gasteiger partial charge on any atom is 0.228 e. The number of fused-ring (bicyclic) bond motifs is 1. The van der Waals surface area contributed by atoms with Gasteiger partial charge in [0.25, 0.3) is 0 Å². The Balaban J connectivity index is 1.38. The van der Waals surface area contributed by atoms with Gasteiger partial charge in [-0.15, -0.1) is 0 Å². The first kappa shape index (κ1) is 15.1.